The topological polar surface area (TPSA) is 104 Å². The maximum atomic E-state index is 12.8. The molecular formula is C18H23N7O. The van der Waals surface area contributed by atoms with E-state index in [2.05, 4.69) is 32.1 Å². The highest BCUT2D eigenvalue weighted by Crippen LogP contribution is 2.18. The molecule has 8 heteroatoms. The largest absolute Gasteiger partial charge is 0.348 e. The molecule has 0 spiro atoms. The molecule has 0 saturated heterocycles. The van der Waals surface area contributed by atoms with E-state index < -0.39 is 0 Å². The molecule has 2 aromatic heterocycles. The van der Waals surface area contributed by atoms with Crippen LogP contribution in [-0.4, -0.2) is 64.0 Å². The van der Waals surface area contributed by atoms with Gasteiger partial charge in [0.25, 0.3) is 0 Å². The van der Waals surface area contributed by atoms with Crippen LogP contribution in [0.4, 0.5) is 5.82 Å². The molecule has 0 unspecified atom stereocenters. The zero-order chi connectivity index (χ0) is 18.4. The van der Waals surface area contributed by atoms with Gasteiger partial charge in [0.2, 0.25) is 5.91 Å². The minimum absolute atomic E-state index is 0.0140. The number of H-pyrrole nitrogens is 1. The number of carbonyl (C=O) groups is 1. The SMILES string of the molecule is CN(CC(=O)N(CCN)CCc1ccccc1)c1ncnc2nc[nH]c12. The van der Waals surface area contributed by atoms with Crippen LogP contribution in [0, 0.1) is 0 Å². The third-order valence-electron chi connectivity index (χ3n) is 4.20. The number of nitrogens with one attached hydrogen (secondary N) is 1. The van der Waals surface area contributed by atoms with E-state index in [0.29, 0.717) is 31.1 Å². The molecule has 3 rings (SSSR count). The molecule has 0 aliphatic rings. The van der Waals surface area contributed by atoms with Gasteiger partial charge in [-0.2, -0.15) is 0 Å². The number of aromatic amines is 1. The van der Waals surface area contributed by atoms with Crippen LogP contribution in [0.5, 0.6) is 0 Å². The van der Waals surface area contributed by atoms with Crippen molar-refractivity contribution in [3.8, 4) is 0 Å². The number of anilines is 1. The van der Waals surface area contributed by atoms with Crippen molar-refractivity contribution >= 4 is 22.9 Å². The average Bonchev–Trinajstić information content (AvgIpc) is 3.14. The molecular weight excluding hydrogens is 330 g/mol. The van der Waals surface area contributed by atoms with Gasteiger partial charge in [-0.1, -0.05) is 30.3 Å². The molecule has 0 radical (unpaired) electrons. The number of aromatic nitrogens is 4. The van der Waals surface area contributed by atoms with Gasteiger partial charge >= 0.3 is 0 Å². The molecule has 3 N–H and O–H groups in total. The summed E-state index contributed by atoms with van der Waals surface area (Å²) in [6.07, 6.45) is 3.82. The van der Waals surface area contributed by atoms with Crippen molar-refractivity contribution in [3.05, 3.63) is 48.5 Å². The number of rotatable bonds is 8. The van der Waals surface area contributed by atoms with Crippen molar-refractivity contribution < 1.29 is 4.79 Å². The first-order chi connectivity index (χ1) is 12.7. The Labute approximate surface area is 152 Å². The van der Waals surface area contributed by atoms with Crippen LogP contribution in [0.3, 0.4) is 0 Å². The zero-order valence-electron chi connectivity index (χ0n) is 14.8. The summed E-state index contributed by atoms with van der Waals surface area (Å²) in [7, 11) is 1.83. The molecule has 26 heavy (non-hydrogen) atoms. The van der Waals surface area contributed by atoms with Gasteiger partial charge in [-0.15, -0.1) is 0 Å². The number of carbonyl (C=O) groups excluding carboxylic acids is 1. The second-order valence-electron chi connectivity index (χ2n) is 6.06. The maximum Gasteiger partial charge on any atom is 0.242 e. The van der Waals surface area contributed by atoms with Gasteiger partial charge in [-0.25, -0.2) is 15.0 Å². The molecule has 1 amide bonds. The highest BCUT2D eigenvalue weighted by Gasteiger charge is 2.18. The number of nitrogens with two attached hydrogens (primary N) is 1. The number of amides is 1. The second-order valence-corrected chi connectivity index (χ2v) is 6.06. The van der Waals surface area contributed by atoms with E-state index >= 15 is 0 Å². The number of hydrogen-bond donors (Lipinski definition) is 2. The first kappa shape index (κ1) is 17.8. The molecule has 0 aliphatic heterocycles. The van der Waals surface area contributed by atoms with Crippen molar-refractivity contribution in [2.24, 2.45) is 5.73 Å². The molecule has 0 fully saturated rings. The normalized spacial score (nSPS) is 10.8. The first-order valence-corrected chi connectivity index (χ1v) is 8.56. The molecule has 0 aliphatic carbocycles. The number of benzene rings is 1. The van der Waals surface area contributed by atoms with E-state index in [-0.39, 0.29) is 12.5 Å². The van der Waals surface area contributed by atoms with Gasteiger partial charge in [0.1, 0.15) is 11.8 Å². The summed E-state index contributed by atoms with van der Waals surface area (Å²) in [6.45, 7) is 1.81. The van der Waals surface area contributed by atoms with Gasteiger partial charge in [-0.05, 0) is 12.0 Å². The van der Waals surface area contributed by atoms with E-state index in [0.717, 1.165) is 11.9 Å². The van der Waals surface area contributed by atoms with Crippen molar-refractivity contribution in [1.82, 2.24) is 24.8 Å². The van der Waals surface area contributed by atoms with Gasteiger partial charge in [0.05, 0.1) is 12.9 Å². The lowest BCUT2D eigenvalue weighted by Gasteiger charge is -2.25. The number of nitrogens with zero attached hydrogens (tertiary/aromatic N) is 5. The summed E-state index contributed by atoms with van der Waals surface area (Å²) in [4.78, 5) is 31.9. The minimum atomic E-state index is 0.0140. The highest BCUT2D eigenvalue weighted by atomic mass is 16.2. The maximum absolute atomic E-state index is 12.8. The fourth-order valence-electron chi connectivity index (χ4n) is 2.85. The van der Waals surface area contributed by atoms with E-state index in [9.17, 15) is 4.79 Å². The Kier molecular flexibility index (Phi) is 5.75. The average molecular weight is 353 g/mol. The van der Waals surface area contributed by atoms with E-state index in [1.54, 1.807) is 16.1 Å². The van der Waals surface area contributed by atoms with Crippen LogP contribution < -0.4 is 10.6 Å². The number of fused-ring (bicyclic) bond motifs is 1. The summed E-state index contributed by atoms with van der Waals surface area (Å²) in [5, 5.41) is 0. The Balaban J connectivity index is 1.66. The molecule has 0 bridgehead atoms. The molecule has 2 heterocycles. The molecule has 3 aromatic rings. The fourth-order valence-corrected chi connectivity index (χ4v) is 2.85. The summed E-state index contributed by atoms with van der Waals surface area (Å²) in [5.41, 5.74) is 8.20. The molecule has 0 atom stereocenters. The lowest BCUT2D eigenvalue weighted by atomic mass is 10.1. The van der Waals surface area contributed by atoms with Crippen LogP contribution in [0.1, 0.15) is 5.56 Å². The third-order valence-corrected chi connectivity index (χ3v) is 4.20. The fraction of sp³-hybridized carbons (Fsp3) is 0.333. The standard InChI is InChI=1S/C18H23N7O/c1-24(18-16-17(21-12-20-16)22-13-23-18)11-15(26)25(10-8-19)9-7-14-5-3-2-4-6-14/h2-6,12-13H,7-11,19H2,1H3,(H,20,21,22,23). The Bertz CT molecular complexity index is 849. The number of hydrogen-bond acceptors (Lipinski definition) is 6. The Morgan fingerprint density at radius 2 is 1.96 bits per heavy atom. The third kappa shape index (κ3) is 4.15. The Hall–Kier alpha value is -3.00. The lowest BCUT2D eigenvalue weighted by molar-refractivity contribution is -0.129. The summed E-state index contributed by atoms with van der Waals surface area (Å²) >= 11 is 0. The van der Waals surface area contributed by atoms with Crippen molar-refractivity contribution in [1.29, 1.82) is 0 Å². The predicted octanol–water partition coefficient (Wildman–Crippen LogP) is 0.819. The first-order valence-electron chi connectivity index (χ1n) is 8.56. The van der Waals surface area contributed by atoms with Crippen LogP contribution in [-0.2, 0) is 11.2 Å². The van der Waals surface area contributed by atoms with E-state index in [4.69, 9.17) is 5.73 Å². The monoisotopic (exact) mass is 353 g/mol. The molecule has 1 aromatic carbocycles. The van der Waals surface area contributed by atoms with Gasteiger partial charge in [0, 0.05) is 26.7 Å². The number of imidazole rings is 1. The van der Waals surface area contributed by atoms with Crippen molar-refractivity contribution in [3.63, 3.8) is 0 Å². The summed E-state index contributed by atoms with van der Waals surface area (Å²) in [6, 6.07) is 10.1. The Morgan fingerprint density at radius 1 is 1.15 bits per heavy atom. The van der Waals surface area contributed by atoms with Crippen molar-refractivity contribution in [2.45, 2.75) is 6.42 Å². The van der Waals surface area contributed by atoms with Crippen LogP contribution in [0.15, 0.2) is 43.0 Å². The minimum Gasteiger partial charge on any atom is -0.348 e. The Morgan fingerprint density at radius 3 is 2.73 bits per heavy atom. The second kappa shape index (κ2) is 8.39. The van der Waals surface area contributed by atoms with Crippen LogP contribution in [0.2, 0.25) is 0 Å². The molecule has 0 saturated carbocycles. The quantitative estimate of drug-likeness (QED) is 0.621. The van der Waals surface area contributed by atoms with Gasteiger partial charge in [0.15, 0.2) is 11.5 Å². The van der Waals surface area contributed by atoms with Crippen molar-refractivity contribution in [2.75, 3.05) is 38.1 Å². The lowest BCUT2D eigenvalue weighted by Crippen LogP contribution is -2.42. The van der Waals surface area contributed by atoms with Gasteiger partial charge < -0.3 is 20.5 Å². The highest BCUT2D eigenvalue weighted by molar-refractivity contribution is 5.87. The van der Waals surface area contributed by atoms with Crippen LogP contribution in [0.25, 0.3) is 11.2 Å². The molecule has 136 valence electrons. The zero-order valence-corrected chi connectivity index (χ0v) is 14.8. The predicted molar refractivity (Wildman–Crippen MR) is 101 cm³/mol. The summed E-state index contributed by atoms with van der Waals surface area (Å²) in [5.74, 6) is 0.664. The number of likely N-dealkylation sites (N-methyl/N-ethyl adjacent to an activating group) is 1. The summed E-state index contributed by atoms with van der Waals surface area (Å²) < 4.78 is 0. The van der Waals surface area contributed by atoms with Gasteiger partial charge in [-0.3, -0.25) is 4.79 Å². The van der Waals surface area contributed by atoms with E-state index in [1.165, 1.54) is 11.9 Å². The smallest absolute Gasteiger partial charge is 0.242 e. The molecule has 8 nitrogen and oxygen atoms in total. The van der Waals surface area contributed by atoms with E-state index in [1.807, 2.05) is 25.2 Å². The van der Waals surface area contributed by atoms with Crippen LogP contribution >= 0.6 is 0 Å².